The molecule has 2 aromatic heterocycles. The largest absolute Gasteiger partial charge is 0.477 e. The van der Waals surface area contributed by atoms with Gasteiger partial charge in [-0.3, -0.25) is 4.40 Å². The minimum Gasteiger partial charge on any atom is -0.477 e. The number of carboxylic acid groups (broad SMARTS) is 1. The first kappa shape index (κ1) is 12.2. The van der Waals surface area contributed by atoms with E-state index in [2.05, 4.69) is 4.98 Å². The fourth-order valence-corrected chi connectivity index (χ4v) is 2.18. The molecule has 0 saturated carbocycles. The number of hydrogen-bond donors (Lipinski definition) is 2. The number of carbonyl (C=O) groups is 1. The molecule has 2 heterocycles. The van der Waals surface area contributed by atoms with Gasteiger partial charge in [-0.2, -0.15) is 0 Å². The van der Waals surface area contributed by atoms with E-state index in [1.165, 1.54) is 35.1 Å². The molecular formula is C14H10FN3O2. The van der Waals surface area contributed by atoms with Crippen LogP contribution in [0, 0.1) is 5.82 Å². The SMILES string of the molecule is Nc1ccc(F)c(-c2ccc3cncn3c2C(=O)O)c1. The first-order valence-corrected chi connectivity index (χ1v) is 5.81. The van der Waals surface area contributed by atoms with E-state index >= 15 is 0 Å². The van der Waals surface area contributed by atoms with Crippen molar-refractivity contribution in [1.82, 2.24) is 9.38 Å². The summed E-state index contributed by atoms with van der Waals surface area (Å²) in [7, 11) is 0. The van der Waals surface area contributed by atoms with Crippen molar-refractivity contribution < 1.29 is 14.3 Å². The third-order valence-corrected chi connectivity index (χ3v) is 3.07. The number of carboxylic acids is 1. The number of benzene rings is 1. The van der Waals surface area contributed by atoms with Gasteiger partial charge in [-0.25, -0.2) is 14.2 Å². The number of nitrogen functional groups attached to an aromatic ring is 1. The Labute approximate surface area is 113 Å². The van der Waals surface area contributed by atoms with E-state index in [1.54, 1.807) is 12.1 Å². The highest BCUT2D eigenvalue weighted by molar-refractivity contribution is 5.95. The number of anilines is 1. The molecule has 0 bridgehead atoms. The van der Waals surface area contributed by atoms with Crippen molar-refractivity contribution in [2.24, 2.45) is 0 Å². The lowest BCUT2D eigenvalue weighted by molar-refractivity contribution is 0.0690. The van der Waals surface area contributed by atoms with E-state index in [-0.39, 0.29) is 16.8 Å². The molecule has 3 rings (SSSR count). The Hall–Kier alpha value is -2.89. The molecular weight excluding hydrogens is 261 g/mol. The van der Waals surface area contributed by atoms with Crippen molar-refractivity contribution in [2.45, 2.75) is 0 Å². The molecule has 3 N–H and O–H groups in total. The third-order valence-electron chi connectivity index (χ3n) is 3.07. The monoisotopic (exact) mass is 271 g/mol. The zero-order valence-electron chi connectivity index (χ0n) is 10.2. The van der Waals surface area contributed by atoms with Crippen LogP contribution in [-0.4, -0.2) is 20.5 Å². The van der Waals surface area contributed by atoms with Gasteiger partial charge < -0.3 is 10.8 Å². The number of hydrogen-bond acceptors (Lipinski definition) is 3. The molecule has 0 fully saturated rings. The Morgan fingerprint density at radius 3 is 2.80 bits per heavy atom. The third kappa shape index (κ3) is 1.78. The van der Waals surface area contributed by atoms with Crippen molar-refractivity contribution in [1.29, 1.82) is 0 Å². The lowest BCUT2D eigenvalue weighted by Crippen LogP contribution is -2.07. The van der Waals surface area contributed by atoms with Crippen LogP contribution in [0.5, 0.6) is 0 Å². The first-order chi connectivity index (χ1) is 9.58. The fourth-order valence-electron chi connectivity index (χ4n) is 2.18. The smallest absolute Gasteiger partial charge is 0.353 e. The van der Waals surface area contributed by atoms with E-state index < -0.39 is 11.8 Å². The molecule has 0 atom stereocenters. The summed E-state index contributed by atoms with van der Waals surface area (Å²) in [6.45, 7) is 0. The quantitative estimate of drug-likeness (QED) is 0.701. The van der Waals surface area contributed by atoms with Gasteiger partial charge in [-0.1, -0.05) is 0 Å². The molecule has 0 saturated heterocycles. The lowest BCUT2D eigenvalue weighted by Gasteiger charge is -2.10. The highest BCUT2D eigenvalue weighted by Gasteiger charge is 2.18. The highest BCUT2D eigenvalue weighted by Crippen LogP contribution is 2.29. The fraction of sp³-hybridized carbons (Fsp3) is 0. The molecule has 5 nitrogen and oxygen atoms in total. The Morgan fingerprint density at radius 1 is 1.25 bits per heavy atom. The van der Waals surface area contributed by atoms with Gasteiger partial charge in [0.1, 0.15) is 11.5 Å². The van der Waals surface area contributed by atoms with Crippen LogP contribution in [0.2, 0.25) is 0 Å². The topological polar surface area (TPSA) is 80.6 Å². The highest BCUT2D eigenvalue weighted by atomic mass is 19.1. The van der Waals surface area contributed by atoms with Gasteiger partial charge in [-0.15, -0.1) is 0 Å². The van der Waals surface area contributed by atoms with Gasteiger partial charge in [0.25, 0.3) is 0 Å². The number of fused-ring (bicyclic) bond motifs is 1. The zero-order chi connectivity index (χ0) is 14.3. The van der Waals surface area contributed by atoms with E-state index in [9.17, 15) is 14.3 Å². The Kier molecular flexibility index (Phi) is 2.64. The molecule has 0 amide bonds. The summed E-state index contributed by atoms with van der Waals surface area (Å²) in [5.41, 5.74) is 6.99. The van der Waals surface area contributed by atoms with Crippen LogP contribution in [0.3, 0.4) is 0 Å². The second kappa shape index (κ2) is 4.34. The van der Waals surface area contributed by atoms with Crippen molar-refractivity contribution in [3.63, 3.8) is 0 Å². The van der Waals surface area contributed by atoms with Gasteiger partial charge in [0.05, 0.1) is 18.0 Å². The van der Waals surface area contributed by atoms with Crippen molar-refractivity contribution >= 4 is 17.2 Å². The molecule has 1 aromatic carbocycles. The molecule has 6 heteroatoms. The summed E-state index contributed by atoms with van der Waals surface area (Å²) in [5, 5.41) is 9.40. The number of rotatable bonds is 2. The Bertz CT molecular complexity index is 826. The molecule has 0 aliphatic heterocycles. The minimum absolute atomic E-state index is 0.0514. The van der Waals surface area contributed by atoms with E-state index in [1.807, 2.05) is 0 Å². The maximum Gasteiger partial charge on any atom is 0.353 e. The standard InChI is InChI=1S/C14H10FN3O2/c15-12-4-1-8(16)5-11(12)10-3-2-9-6-17-7-18(9)13(10)14(19)20/h1-7H,16H2,(H,19,20). The Balaban J connectivity index is 2.38. The zero-order valence-corrected chi connectivity index (χ0v) is 10.2. The maximum atomic E-state index is 14.0. The van der Waals surface area contributed by atoms with Crippen LogP contribution in [0.4, 0.5) is 10.1 Å². The van der Waals surface area contributed by atoms with Gasteiger partial charge in [0.15, 0.2) is 0 Å². The molecule has 0 spiro atoms. The molecule has 0 aliphatic rings. The van der Waals surface area contributed by atoms with E-state index in [0.29, 0.717) is 11.2 Å². The summed E-state index contributed by atoms with van der Waals surface area (Å²) in [5.74, 6) is -1.69. The number of imidazole rings is 1. The van der Waals surface area contributed by atoms with Gasteiger partial charge in [-0.05, 0) is 30.3 Å². The van der Waals surface area contributed by atoms with Gasteiger partial charge in [0, 0.05) is 16.8 Å². The summed E-state index contributed by atoms with van der Waals surface area (Å²) in [4.78, 5) is 15.4. The van der Waals surface area contributed by atoms with Gasteiger partial charge in [0.2, 0.25) is 0 Å². The van der Waals surface area contributed by atoms with Crippen LogP contribution < -0.4 is 5.73 Å². The van der Waals surface area contributed by atoms with Crippen molar-refractivity contribution in [2.75, 3.05) is 5.73 Å². The van der Waals surface area contributed by atoms with Crippen LogP contribution in [0.25, 0.3) is 16.6 Å². The predicted molar refractivity (Wildman–Crippen MR) is 72.0 cm³/mol. The second-order valence-electron chi connectivity index (χ2n) is 4.33. The van der Waals surface area contributed by atoms with Gasteiger partial charge >= 0.3 is 5.97 Å². The average molecular weight is 271 g/mol. The van der Waals surface area contributed by atoms with Crippen molar-refractivity contribution in [3.8, 4) is 11.1 Å². The molecule has 0 radical (unpaired) electrons. The predicted octanol–water partition coefficient (Wildman–Crippen LogP) is 2.42. The van der Waals surface area contributed by atoms with E-state index in [0.717, 1.165) is 0 Å². The lowest BCUT2D eigenvalue weighted by atomic mass is 10.0. The number of aromatic nitrogens is 2. The number of nitrogens with two attached hydrogens (primary N) is 1. The Morgan fingerprint density at radius 2 is 2.05 bits per heavy atom. The number of pyridine rings is 1. The molecule has 20 heavy (non-hydrogen) atoms. The number of halogens is 1. The summed E-state index contributed by atoms with van der Waals surface area (Å²) >= 11 is 0. The first-order valence-electron chi connectivity index (χ1n) is 5.81. The molecule has 3 aromatic rings. The molecule has 100 valence electrons. The summed E-state index contributed by atoms with van der Waals surface area (Å²) in [6, 6.07) is 7.29. The average Bonchev–Trinajstić information content (AvgIpc) is 2.88. The number of aromatic carboxylic acids is 1. The summed E-state index contributed by atoms with van der Waals surface area (Å²) < 4.78 is 15.4. The van der Waals surface area contributed by atoms with Crippen molar-refractivity contribution in [3.05, 3.63) is 54.4 Å². The maximum absolute atomic E-state index is 14.0. The summed E-state index contributed by atoms with van der Waals surface area (Å²) in [6.07, 6.45) is 2.92. The molecule has 0 aliphatic carbocycles. The van der Waals surface area contributed by atoms with Crippen LogP contribution in [0.1, 0.15) is 10.5 Å². The second-order valence-corrected chi connectivity index (χ2v) is 4.33. The normalized spacial score (nSPS) is 10.8. The molecule has 0 unspecified atom stereocenters. The van der Waals surface area contributed by atoms with Crippen LogP contribution in [-0.2, 0) is 0 Å². The number of nitrogens with zero attached hydrogens (tertiary/aromatic N) is 2. The van der Waals surface area contributed by atoms with Crippen LogP contribution in [0.15, 0.2) is 42.9 Å². The van der Waals surface area contributed by atoms with E-state index in [4.69, 9.17) is 5.73 Å². The van der Waals surface area contributed by atoms with Crippen LogP contribution >= 0.6 is 0 Å². The minimum atomic E-state index is -1.16.